The highest BCUT2D eigenvalue weighted by molar-refractivity contribution is 6.42. The van der Waals surface area contributed by atoms with Gasteiger partial charge in [-0.15, -0.1) is 0 Å². The zero-order valence-corrected chi connectivity index (χ0v) is 17.3. The molecule has 0 unspecified atom stereocenters. The van der Waals surface area contributed by atoms with Crippen LogP contribution in [0.3, 0.4) is 0 Å². The van der Waals surface area contributed by atoms with Gasteiger partial charge in [-0.3, -0.25) is 4.79 Å². The second-order valence-corrected chi connectivity index (χ2v) is 6.88. The molecule has 0 aliphatic carbocycles. The Hall–Kier alpha value is -2.96. The summed E-state index contributed by atoms with van der Waals surface area (Å²) in [6.45, 7) is 0.323. The largest absolute Gasteiger partial charge is 0.491 e. The molecule has 0 aliphatic rings. The Balaban J connectivity index is 1.64. The van der Waals surface area contributed by atoms with Crippen LogP contribution in [-0.2, 0) is 16.1 Å². The topological polar surface area (TPSA) is 76.2 Å². The maximum atomic E-state index is 12.3. The molecule has 150 valence electrons. The van der Waals surface area contributed by atoms with Crippen molar-refractivity contribution in [2.45, 2.75) is 6.54 Å². The highest BCUT2D eigenvalue weighted by Gasteiger charge is 2.09. The van der Waals surface area contributed by atoms with Gasteiger partial charge in [-0.1, -0.05) is 35.3 Å². The number of hydrogen-bond acceptors (Lipinski definition) is 4. The van der Waals surface area contributed by atoms with E-state index in [-0.39, 0.29) is 11.7 Å². The van der Waals surface area contributed by atoms with Crippen LogP contribution in [0.15, 0.2) is 54.4 Å². The van der Waals surface area contributed by atoms with Gasteiger partial charge in [0.05, 0.1) is 24.3 Å². The molecule has 2 heterocycles. The summed E-state index contributed by atoms with van der Waals surface area (Å²) in [6, 6.07) is 9.07. The number of aromatic amines is 1. The molecule has 0 atom stereocenters. The van der Waals surface area contributed by atoms with Crippen LogP contribution in [0.4, 0.5) is 0 Å². The van der Waals surface area contributed by atoms with Crippen LogP contribution in [0, 0.1) is 0 Å². The summed E-state index contributed by atoms with van der Waals surface area (Å²) in [5, 5.41) is 4.72. The minimum atomic E-state index is -0.330. The fraction of sp³-hybridized carbons (Fsp3) is 0.143. The molecule has 0 fully saturated rings. The molecule has 0 saturated heterocycles. The number of fused-ring (bicyclic) bond motifs is 1. The quantitative estimate of drug-likeness (QED) is 0.321. The van der Waals surface area contributed by atoms with Gasteiger partial charge in [0.25, 0.3) is 5.91 Å². The maximum absolute atomic E-state index is 12.3. The second-order valence-electron chi connectivity index (χ2n) is 6.06. The van der Waals surface area contributed by atoms with E-state index in [0.717, 1.165) is 22.2 Å². The van der Waals surface area contributed by atoms with Gasteiger partial charge in [0, 0.05) is 35.4 Å². The number of halogens is 2. The third-order valence-electron chi connectivity index (χ3n) is 4.11. The number of amides is 1. The summed E-state index contributed by atoms with van der Waals surface area (Å²) in [5.41, 5.74) is 2.57. The van der Waals surface area contributed by atoms with Gasteiger partial charge in [0.1, 0.15) is 0 Å². The number of aromatic nitrogens is 2. The number of allylic oxidation sites excluding steroid dienone is 2. The smallest absolute Gasteiger partial charge is 0.286 e. The molecule has 0 saturated carbocycles. The Morgan fingerprint density at radius 3 is 2.69 bits per heavy atom. The number of carbonyl (C=O) groups is 1. The lowest BCUT2D eigenvalue weighted by molar-refractivity contribution is -0.120. The van der Waals surface area contributed by atoms with Crippen molar-refractivity contribution in [3.8, 4) is 5.88 Å². The second kappa shape index (κ2) is 9.49. The van der Waals surface area contributed by atoms with Crippen molar-refractivity contribution in [3.63, 3.8) is 0 Å². The summed E-state index contributed by atoms with van der Waals surface area (Å²) < 4.78 is 10.2. The van der Waals surface area contributed by atoms with E-state index in [2.05, 4.69) is 15.3 Å². The van der Waals surface area contributed by atoms with Gasteiger partial charge < -0.3 is 19.8 Å². The van der Waals surface area contributed by atoms with Crippen molar-refractivity contribution in [3.05, 3.63) is 75.7 Å². The molecule has 0 spiro atoms. The molecule has 1 aromatic carbocycles. The molecule has 2 N–H and O–H groups in total. The van der Waals surface area contributed by atoms with E-state index in [9.17, 15) is 4.79 Å². The van der Waals surface area contributed by atoms with E-state index in [1.807, 2.05) is 18.2 Å². The summed E-state index contributed by atoms with van der Waals surface area (Å²) in [5.74, 6) is 0.373. The van der Waals surface area contributed by atoms with Gasteiger partial charge in [0.15, 0.2) is 5.76 Å². The van der Waals surface area contributed by atoms with E-state index >= 15 is 0 Å². The van der Waals surface area contributed by atoms with Gasteiger partial charge in [-0.05, 0) is 35.9 Å². The molecule has 8 heteroatoms. The third kappa shape index (κ3) is 5.31. The zero-order chi connectivity index (χ0) is 20.8. The Labute approximate surface area is 178 Å². The van der Waals surface area contributed by atoms with Gasteiger partial charge >= 0.3 is 0 Å². The highest BCUT2D eigenvalue weighted by Crippen LogP contribution is 2.28. The zero-order valence-electron chi connectivity index (χ0n) is 15.8. The molecule has 0 bridgehead atoms. The number of hydrogen-bond donors (Lipinski definition) is 2. The molecule has 0 aliphatic heterocycles. The predicted octanol–water partition coefficient (Wildman–Crippen LogP) is 4.74. The lowest BCUT2D eigenvalue weighted by Crippen LogP contribution is -2.25. The molecule has 0 radical (unpaired) electrons. The summed E-state index contributed by atoms with van der Waals surface area (Å²) in [7, 11) is 2.99. The van der Waals surface area contributed by atoms with E-state index in [0.29, 0.717) is 22.5 Å². The Bertz CT molecular complexity index is 1030. The number of H-pyrrole nitrogens is 1. The van der Waals surface area contributed by atoms with Gasteiger partial charge in [0.2, 0.25) is 5.88 Å². The first-order valence-corrected chi connectivity index (χ1v) is 9.43. The van der Waals surface area contributed by atoms with Crippen molar-refractivity contribution < 1.29 is 14.3 Å². The van der Waals surface area contributed by atoms with Crippen molar-refractivity contribution in [1.29, 1.82) is 0 Å². The predicted molar refractivity (Wildman–Crippen MR) is 115 cm³/mol. The van der Waals surface area contributed by atoms with Crippen molar-refractivity contribution in [2.75, 3.05) is 14.2 Å². The fourth-order valence-corrected chi connectivity index (χ4v) is 2.96. The van der Waals surface area contributed by atoms with Crippen LogP contribution in [0.5, 0.6) is 5.88 Å². The molecule has 6 nitrogen and oxygen atoms in total. The maximum Gasteiger partial charge on any atom is 0.286 e. The SMILES string of the molecule is CO/C(=C\C=C\c1cc2cc(Cl)c(Cl)cc2[nH]1)C(=O)NCc1ccc(OC)nc1. The van der Waals surface area contributed by atoms with E-state index in [1.54, 1.807) is 43.7 Å². The Morgan fingerprint density at radius 1 is 1.21 bits per heavy atom. The van der Waals surface area contributed by atoms with Crippen LogP contribution < -0.4 is 10.1 Å². The number of methoxy groups -OCH3 is 2. The normalized spacial score (nSPS) is 11.8. The van der Waals surface area contributed by atoms with E-state index in [1.165, 1.54) is 7.11 Å². The van der Waals surface area contributed by atoms with Crippen LogP contribution in [0.1, 0.15) is 11.3 Å². The number of nitrogens with one attached hydrogen (secondary N) is 2. The number of benzene rings is 1. The van der Waals surface area contributed by atoms with Crippen LogP contribution in [0.2, 0.25) is 10.0 Å². The first-order valence-electron chi connectivity index (χ1n) is 8.67. The highest BCUT2D eigenvalue weighted by atomic mass is 35.5. The molecule has 3 rings (SSSR count). The standard InChI is InChI=1S/C21H19Cl2N3O3/c1-28-19(21(27)25-12-13-6-7-20(29-2)24-11-13)5-3-4-15-8-14-9-16(22)17(23)10-18(14)26-15/h3-11,26H,12H2,1-2H3,(H,25,27)/b4-3+,19-5-. The van der Waals surface area contributed by atoms with Crippen molar-refractivity contribution >= 4 is 46.1 Å². The minimum Gasteiger partial charge on any atom is -0.491 e. The van der Waals surface area contributed by atoms with Gasteiger partial charge in [-0.25, -0.2) is 4.98 Å². The average Bonchev–Trinajstić information content (AvgIpc) is 3.11. The molecular formula is C21H19Cl2N3O3. The number of ether oxygens (including phenoxy) is 2. The molecule has 3 aromatic rings. The van der Waals surface area contributed by atoms with Crippen LogP contribution in [0.25, 0.3) is 17.0 Å². The van der Waals surface area contributed by atoms with Crippen molar-refractivity contribution in [1.82, 2.24) is 15.3 Å². The number of nitrogens with zero attached hydrogens (tertiary/aromatic N) is 1. The number of carbonyl (C=O) groups excluding carboxylic acids is 1. The van der Waals surface area contributed by atoms with E-state index < -0.39 is 0 Å². The Kier molecular flexibility index (Phi) is 6.80. The van der Waals surface area contributed by atoms with Crippen molar-refractivity contribution in [2.24, 2.45) is 0 Å². The minimum absolute atomic E-state index is 0.185. The lowest BCUT2D eigenvalue weighted by Gasteiger charge is -2.07. The monoisotopic (exact) mass is 431 g/mol. The molecule has 2 aromatic heterocycles. The Morgan fingerprint density at radius 2 is 2.00 bits per heavy atom. The molecular weight excluding hydrogens is 413 g/mol. The third-order valence-corrected chi connectivity index (χ3v) is 4.83. The summed E-state index contributed by atoms with van der Waals surface area (Å²) >= 11 is 12.1. The molecule has 29 heavy (non-hydrogen) atoms. The number of rotatable bonds is 7. The molecule has 1 amide bonds. The average molecular weight is 432 g/mol. The van der Waals surface area contributed by atoms with E-state index in [4.69, 9.17) is 32.7 Å². The first-order chi connectivity index (χ1) is 14.0. The van der Waals surface area contributed by atoms with Gasteiger partial charge in [-0.2, -0.15) is 0 Å². The van der Waals surface area contributed by atoms with Crippen LogP contribution in [-0.4, -0.2) is 30.1 Å². The summed E-state index contributed by atoms with van der Waals surface area (Å²) in [6.07, 6.45) is 6.78. The lowest BCUT2D eigenvalue weighted by atomic mass is 10.2. The fourth-order valence-electron chi connectivity index (χ4n) is 2.62. The van der Waals surface area contributed by atoms with Crippen LogP contribution >= 0.6 is 23.2 Å². The first kappa shape index (κ1) is 20.8. The number of pyridine rings is 1. The summed E-state index contributed by atoms with van der Waals surface area (Å²) in [4.78, 5) is 19.6.